The van der Waals surface area contributed by atoms with Crippen molar-refractivity contribution in [3.8, 4) is 5.75 Å². The average molecular weight is 461 g/mol. The number of carbonyl (C=O) groups excluding carboxylic acids is 1. The van der Waals surface area contributed by atoms with Crippen LogP contribution in [0.2, 0.25) is 0 Å². The Balaban J connectivity index is 2.04. The zero-order valence-electron chi connectivity index (χ0n) is 19.3. The third-order valence-electron chi connectivity index (χ3n) is 5.82. The highest BCUT2D eigenvalue weighted by molar-refractivity contribution is 6.20. The molecule has 1 atom stereocenters. The summed E-state index contributed by atoms with van der Waals surface area (Å²) in [5, 5.41) is 10.6. The maximum absolute atomic E-state index is 12.4. The minimum absolute atomic E-state index is 0.227. The molecule has 0 radical (unpaired) electrons. The molecule has 0 saturated carbocycles. The predicted molar refractivity (Wildman–Crippen MR) is 131 cm³/mol. The van der Waals surface area contributed by atoms with Crippen molar-refractivity contribution in [2.75, 3.05) is 13.2 Å². The number of fused-ring (bicyclic) bond motifs is 3. The second kappa shape index (κ2) is 9.97. The zero-order valence-corrected chi connectivity index (χ0v) is 19.3. The Kier molecular flexibility index (Phi) is 6.84. The summed E-state index contributed by atoms with van der Waals surface area (Å²) in [5.74, 6) is -1.26. The van der Waals surface area contributed by atoms with Crippen molar-refractivity contribution in [3.05, 3.63) is 77.4 Å². The zero-order chi connectivity index (χ0) is 24.2. The molecule has 4 aromatic rings. The number of ether oxygens (including phenoxy) is 2. The van der Waals surface area contributed by atoms with Crippen LogP contribution in [-0.4, -0.2) is 34.8 Å². The number of carbonyl (C=O) groups is 2. The molecular weight excluding hydrogens is 432 g/mol. The maximum Gasteiger partial charge on any atom is 0.341 e. The summed E-state index contributed by atoms with van der Waals surface area (Å²) in [6.45, 7) is 4.64. The lowest BCUT2D eigenvalue weighted by molar-refractivity contribution is -0.139. The van der Waals surface area contributed by atoms with Gasteiger partial charge in [0.1, 0.15) is 5.75 Å². The van der Waals surface area contributed by atoms with Gasteiger partial charge in [-0.15, -0.1) is 0 Å². The summed E-state index contributed by atoms with van der Waals surface area (Å²) < 4.78 is 13.8. The first-order chi connectivity index (χ1) is 16.4. The number of benzene rings is 3. The molecule has 0 aliphatic carbocycles. The van der Waals surface area contributed by atoms with E-state index in [1.807, 2.05) is 56.3 Å². The topological polar surface area (TPSA) is 104 Å². The number of carboxylic acids is 1. The van der Waals surface area contributed by atoms with Crippen molar-refractivity contribution in [2.45, 2.75) is 32.9 Å². The molecule has 1 aromatic heterocycles. The quantitative estimate of drug-likeness (QED) is 0.351. The fourth-order valence-electron chi connectivity index (χ4n) is 4.26. The summed E-state index contributed by atoms with van der Waals surface area (Å²) in [6.07, 6.45) is 0.654. The number of aromatic nitrogens is 1. The highest BCUT2D eigenvalue weighted by Crippen LogP contribution is 2.40. The van der Waals surface area contributed by atoms with Gasteiger partial charge in [-0.2, -0.15) is 0 Å². The monoisotopic (exact) mass is 460 g/mol. The summed E-state index contributed by atoms with van der Waals surface area (Å²) >= 11 is 0. The van der Waals surface area contributed by atoms with E-state index in [0.717, 1.165) is 28.6 Å². The van der Waals surface area contributed by atoms with Crippen LogP contribution in [0.1, 0.15) is 47.9 Å². The van der Waals surface area contributed by atoms with Crippen LogP contribution < -0.4 is 10.5 Å². The normalized spacial score (nSPS) is 12.2. The molecule has 1 heterocycles. The number of aliphatic carboxylic acids is 1. The highest BCUT2D eigenvalue weighted by atomic mass is 16.5. The van der Waals surface area contributed by atoms with E-state index in [0.29, 0.717) is 35.2 Å². The SMILES string of the molecule is CCCOC(C)c1cc(OCC(=O)O)c2c3c(C(N)=O)cccc3n(Cc3ccccc3)c2c1. The van der Waals surface area contributed by atoms with E-state index in [-0.39, 0.29) is 6.10 Å². The van der Waals surface area contributed by atoms with Gasteiger partial charge >= 0.3 is 5.97 Å². The first-order valence-corrected chi connectivity index (χ1v) is 11.3. The lowest BCUT2D eigenvalue weighted by Crippen LogP contribution is -2.12. The van der Waals surface area contributed by atoms with E-state index in [1.54, 1.807) is 18.2 Å². The molecule has 1 amide bonds. The molecule has 0 bridgehead atoms. The molecular formula is C27H28N2O5. The number of amides is 1. The third kappa shape index (κ3) is 4.61. The van der Waals surface area contributed by atoms with Crippen molar-refractivity contribution >= 4 is 33.7 Å². The van der Waals surface area contributed by atoms with Crippen molar-refractivity contribution in [1.29, 1.82) is 0 Å². The van der Waals surface area contributed by atoms with Gasteiger partial charge in [0.2, 0.25) is 5.91 Å². The van der Waals surface area contributed by atoms with Crippen LogP contribution in [0, 0.1) is 0 Å². The number of carboxylic acid groups (broad SMARTS) is 1. The first kappa shape index (κ1) is 23.3. The van der Waals surface area contributed by atoms with Gasteiger partial charge in [-0.1, -0.05) is 43.3 Å². The average Bonchev–Trinajstić information content (AvgIpc) is 3.15. The molecule has 0 saturated heterocycles. The Morgan fingerprint density at radius 3 is 2.47 bits per heavy atom. The molecule has 0 spiro atoms. The van der Waals surface area contributed by atoms with E-state index >= 15 is 0 Å². The third-order valence-corrected chi connectivity index (χ3v) is 5.82. The molecule has 0 aliphatic heterocycles. The summed E-state index contributed by atoms with van der Waals surface area (Å²) in [5.41, 5.74) is 9.67. The van der Waals surface area contributed by atoms with Crippen molar-refractivity contribution in [3.63, 3.8) is 0 Å². The lowest BCUT2D eigenvalue weighted by Gasteiger charge is -2.16. The largest absolute Gasteiger partial charge is 0.481 e. The van der Waals surface area contributed by atoms with Crippen molar-refractivity contribution in [2.24, 2.45) is 5.73 Å². The highest BCUT2D eigenvalue weighted by Gasteiger charge is 2.22. The second-order valence-electron chi connectivity index (χ2n) is 8.24. The van der Waals surface area contributed by atoms with Gasteiger partial charge in [0.15, 0.2) is 6.61 Å². The number of nitrogens with two attached hydrogens (primary N) is 1. The van der Waals surface area contributed by atoms with E-state index < -0.39 is 18.5 Å². The van der Waals surface area contributed by atoms with Gasteiger partial charge in [0, 0.05) is 24.1 Å². The molecule has 1 unspecified atom stereocenters. The van der Waals surface area contributed by atoms with Gasteiger partial charge in [0.25, 0.3) is 0 Å². The Hall–Kier alpha value is -3.84. The molecule has 7 nitrogen and oxygen atoms in total. The fourth-order valence-corrected chi connectivity index (χ4v) is 4.26. The Bertz CT molecular complexity index is 1340. The molecule has 3 aromatic carbocycles. The summed E-state index contributed by atoms with van der Waals surface area (Å²) in [6, 6.07) is 19.2. The minimum atomic E-state index is -1.09. The molecule has 34 heavy (non-hydrogen) atoms. The summed E-state index contributed by atoms with van der Waals surface area (Å²) in [4.78, 5) is 23.7. The van der Waals surface area contributed by atoms with Gasteiger partial charge in [-0.25, -0.2) is 4.79 Å². The molecule has 0 fully saturated rings. The number of rotatable bonds is 10. The number of primary amides is 1. The van der Waals surface area contributed by atoms with Crippen LogP contribution >= 0.6 is 0 Å². The standard InChI is InChI=1S/C27H28N2O5/c1-3-12-33-17(2)19-13-22-26(23(14-19)34-16-24(30)31)25-20(27(28)32)10-7-11-21(25)29(22)15-18-8-5-4-6-9-18/h4-11,13-14,17H,3,12,15-16H2,1-2H3,(H2,28,32)(H,30,31). The number of hydrogen-bond acceptors (Lipinski definition) is 4. The number of nitrogens with zero attached hydrogens (tertiary/aromatic N) is 1. The van der Waals surface area contributed by atoms with Gasteiger partial charge in [-0.3, -0.25) is 4.79 Å². The van der Waals surface area contributed by atoms with Gasteiger partial charge in [0.05, 0.1) is 22.5 Å². The van der Waals surface area contributed by atoms with Crippen LogP contribution in [-0.2, 0) is 16.1 Å². The van der Waals surface area contributed by atoms with Crippen LogP contribution in [0.25, 0.3) is 21.8 Å². The maximum atomic E-state index is 12.4. The Labute approximate surface area is 197 Å². The van der Waals surface area contributed by atoms with Gasteiger partial charge < -0.3 is 24.9 Å². The fraction of sp³-hybridized carbons (Fsp3) is 0.259. The number of hydrogen-bond donors (Lipinski definition) is 2. The van der Waals surface area contributed by atoms with E-state index in [4.69, 9.17) is 15.2 Å². The molecule has 176 valence electrons. The second-order valence-corrected chi connectivity index (χ2v) is 8.24. The first-order valence-electron chi connectivity index (χ1n) is 11.3. The smallest absolute Gasteiger partial charge is 0.341 e. The predicted octanol–water partition coefficient (Wildman–Crippen LogP) is 4.89. The van der Waals surface area contributed by atoms with Crippen molar-refractivity contribution in [1.82, 2.24) is 4.57 Å². The van der Waals surface area contributed by atoms with E-state index in [2.05, 4.69) is 4.57 Å². The van der Waals surface area contributed by atoms with Gasteiger partial charge in [-0.05, 0) is 48.7 Å². The molecule has 7 heteroatoms. The van der Waals surface area contributed by atoms with Crippen LogP contribution in [0.3, 0.4) is 0 Å². The minimum Gasteiger partial charge on any atom is -0.481 e. The Morgan fingerprint density at radius 1 is 1.03 bits per heavy atom. The lowest BCUT2D eigenvalue weighted by atomic mass is 10.0. The van der Waals surface area contributed by atoms with E-state index in [9.17, 15) is 14.7 Å². The van der Waals surface area contributed by atoms with Crippen molar-refractivity contribution < 1.29 is 24.2 Å². The molecule has 4 rings (SSSR count). The van der Waals surface area contributed by atoms with Crippen LogP contribution in [0.15, 0.2) is 60.7 Å². The van der Waals surface area contributed by atoms with Crippen LogP contribution in [0.4, 0.5) is 0 Å². The van der Waals surface area contributed by atoms with Crippen LogP contribution in [0.5, 0.6) is 5.75 Å². The van der Waals surface area contributed by atoms with E-state index in [1.165, 1.54) is 0 Å². The Morgan fingerprint density at radius 2 is 1.79 bits per heavy atom. The molecule has 0 aliphatic rings. The molecule has 3 N–H and O–H groups in total. The summed E-state index contributed by atoms with van der Waals surface area (Å²) in [7, 11) is 0.